The van der Waals surface area contributed by atoms with Crippen LogP contribution >= 0.6 is 27.5 Å². The number of nitrogens with zero attached hydrogens (tertiary/aromatic N) is 4. The third kappa shape index (κ3) is 4.96. The molecule has 6 rings (SSSR count). The molecule has 0 radical (unpaired) electrons. The quantitative estimate of drug-likeness (QED) is 0.295. The predicted molar refractivity (Wildman–Crippen MR) is 161 cm³/mol. The first-order valence-corrected chi connectivity index (χ1v) is 14.3. The van der Waals surface area contributed by atoms with Crippen LogP contribution in [0.1, 0.15) is 43.1 Å². The maximum absolute atomic E-state index is 14.2. The minimum atomic E-state index is -0.242. The number of rotatable bonds is 5. The molecule has 206 valence electrons. The number of fused-ring (bicyclic) bond motifs is 3. The van der Waals surface area contributed by atoms with Gasteiger partial charge in [-0.05, 0) is 64.3 Å². The standard InChI is InChI=1S/C31H25BrClN5O3/c1-34-28(39)20-8-5-9-23(15-20)37-29-22(14-19-6-3-2-4-7-19)17-35-38(29)27-18-36(13-12-24(27)31(37)41)30(40)21-10-11-25(32)26(33)16-21/h2-11,15-17H,12-14,18H2,1H3,(H,34,39). The fourth-order valence-electron chi connectivity index (χ4n) is 5.31. The molecule has 2 aromatic heterocycles. The number of carbonyl (C=O) groups excluding carboxylic acids is 2. The average Bonchev–Trinajstić information content (AvgIpc) is 3.41. The molecule has 0 spiro atoms. The summed E-state index contributed by atoms with van der Waals surface area (Å²) >= 11 is 9.63. The van der Waals surface area contributed by atoms with Crippen LogP contribution in [0.4, 0.5) is 0 Å². The number of hydrogen-bond donors (Lipinski definition) is 1. The molecular formula is C31H25BrClN5O3. The van der Waals surface area contributed by atoms with Crippen molar-refractivity contribution in [1.82, 2.24) is 24.4 Å². The molecule has 0 saturated carbocycles. The van der Waals surface area contributed by atoms with E-state index < -0.39 is 0 Å². The van der Waals surface area contributed by atoms with Crippen LogP contribution in [0.5, 0.6) is 0 Å². The Kier molecular flexibility index (Phi) is 7.23. The number of halogens is 2. The summed E-state index contributed by atoms with van der Waals surface area (Å²) in [6.45, 7) is 0.593. The molecule has 1 aliphatic rings. The Morgan fingerprint density at radius 3 is 2.59 bits per heavy atom. The van der Waals surface area contributed by atoms with E-state index in [-0.39, 0.29) is 23.9 Å². The normalized spacial score (nSPS) is 12.8. The smallest absolute Gasteiger partial charge is 0.261 e. The zero-order chi connectivity index (χ0) is 28.7. The Morgan fingerprint density at radius 1 is 1.02 bits per heavy atom. The van der Waals surface area contributed by atoms with Crippen molar-refractivity contribution in [1.29, 1.82) is 0 Å². The number of amides is 2. The second-order valence-electron chi connectivity index (χ2n) is 9.87. The minimum Gasteiger partial charge on any atom is -0.355 e. The summed E-state index contributed by atoms with van der Waals surface area (Å²) in [5.74, 6) is -0.411. The molecule has 5 aromatic rings. The number of hydrogen-bond acceptors (Lipinski definition) is 4. The molecular weight excluding hydrogens is 606 g/mol. The molecule has 0 unspecified atom stereocenters. The highest BCUT2D eigenvalue weighted by molar-refractivity contribution is 9.10. The first kappa shape index (κ1) is 27.0. The second kappa shape index (κ2) is 11.0. The number of nitrogens with one attached hydrogen (secondary N) is 1. The van der Waals surface area contributed by atoms with Gasteiger partial charge >= 0.3 is 0 Å². The maximum atomic E-state index is 14.2. The number of carbonyl (C=O) groups is 2. The molecule has 10 heteroatoms. The van der Waals surface area contributed by atoms with E-state index in [9.17, 15) is 14.4 Å². The highest BCUT2D eigenvalue weighted by Gasteiger charge is 2.29. The van der Waals surface area contributed by atoms with Crippen LogP contribution in [0.15, 0.2) is 88.3 Å². The topological polar surface area (TPSA) is 88.7 Å². The lowest BCUT2D eigenvalue weighted by Crippen LogP contribution is -2.41. The number of benzene rings is 3. The largest absolute Gasteiger partial charge is 0.355 e. The predicted octanol–water partition coefficient (Wildman–Crippen LogP) is 5.05. The zero-order valence-electron chi connectivity index (χ0n) is 22.1. The van der Waals surface area contributed by atoms with E-state index in [1.165, 1.54) is 0 Å². The van der Waals surface area contributed by atoms with Gasteiger partial charge in [0.15, 0.2) is 0 Å². The van der Waals surface area contributed by atoms with Crippen molar-refractivity contribution in [2.45, 2.75) is 19.4 Å². The number of aromatic nitrogens is 3. The second-order valence-corrected chi connectivity index (χ2v) is 11.1. The van der Waals surface area contributed by atoms with E-state index in [2.05, 4.69) is 21.2 Å². The summed E-state index contributed by atoms with van der Waals surface area (Å²) < 4.78 is 4.13. The van der Waals surface area contributed by atoms with Crippen molar-refractivity contribution in [3.63, 3.8) is 0 Å². The third-order valence-corrected chi connectivity index (χ3v) is 8.58. The van der Waals surface area contributed by atoms with Crippen LogP contribution in [0, 0.1) is 0 Å². The van der Waals surface area contributed by atoms with Gasteiger partial charge in [-0.15, -0.1) is 0 Å². The van der Waals surface area contributed by atoms with Crippen molar-refractivity contribution in [3.8, 4) is 5.69 Å². The molecule has 3 heterocycles. The lowest BCUT2D eigenvalue weighted by atomic mass is 10.0. The first-order chi connectivity index (χ1) is 19.9. The zero-order valence-corrected chi connectivity index (χ0v) is 24.4. The van der Waals surface area contributed by atoms with Gasteiger partial charge in [-0.2, -0.15) is 5.10 Å². The van der Waals surface area contributed by atoms with Gasteiger partial charge in [0.05, 0.1) is 29.1 Å². The molecule has 2 amide bonds. The lowest BCUT2D eigenvalue weighted by molar-refractivity contribution is 0.0729. The lowest BCUT2D eigenvalue weighted by Gasteiger charge is -2.30. The van der Waals surface area contributed by atoms with Gasteiger partial charge in [0.25, 0.3) is 17.4 Å². The van der Waals surface area contributed by atoms with E-state index in [0.29, 0.717) is 62.6 Å². The summed E-state index contributed by atoms with van der Waals surface area (Å²) in [6, 6.07) is 22.1. The summed E-state index contributed by atoms with van der Waals surface area (Å²) in [6.07, 6.45) is 2.69. The molecule has 0 aliphatic carbocycles. The fraction of sp³-hybridized carbons (Fsp3) is 0.161. The van der Waals surface area contributed by atoms with Crippen LogP contribution < -0.4 is 10.9 Å². The molecule has 41 heavy (non-hydrogen) atoms. The van der Waals surface area contributed by atoms with Gasteiger partial charge in [-0.25, -0.2) is 4.52 Å². The minimum absolute atomic E-state index is 0.169. The molecule has 0 fully saturated rings. The van der Waals surface area contributed by atoms with E-state index in [4.69, 9.17) is 16.7 Å². The summed E-state index contributed by atoms with van der Waals surface area (Å²) in [5, 5.41) is 7.83. The Bertz CT molecular complexity index is 1880. The summed E-state index contributed by atoms with van der Waals surface area (Å²) in [5.41, 5.74) is 5.10. The van der Waals surface area contributed by atoms with E-state index in [0.717, 1.165) is 11.1 Å². The Labute approximate surface area is 249 Å². The van der Waals surface area contributed by atoms with Crippen LogP contribution in [-0.2, 0) is 19.4 Å². The van der Waals surface area contributed by atoms with Crippen LogP contribution in [0.2, 0.25) is 5.02 Å². The van der Waals surface area contributed by atoms with Crippen molar-refractivity contribution in [2.75, 3.05) is 13.6 Å². The van der Waals surface area contributed by atoms with Gasteiger partial charge in [0.1, 0.15) is 5.65 Å². The van der Waals surface area contributed by atoms with Crippen molar-refractivity contribution >= 4 is 45.0 Å². The van der Waals surface area contributed by atoms with Crippen LogP contribution in [0.25, 0.3) is 11.3 Å². The van der Waals surface area contributed by atoms with E-state index in [1.807, 2.05) is 36.4 Å². The van der Waals surface area contributed by atoms with Crippen molar-refractivity contribution in [2.24, 2.45) is 0 Å². The summed E-state index contributed by atoms with van der Waals surface area (Å²) in [7, 11) is 1.57. The van der Waals surface area contributed by atoms with Gasteiger partial charge < -0.3 is 10.2 Å². The van der Waals surface area contributed by atoms with Gasteiger partial charge in [-0.3, -0.25) is 19.0 Å². The average molecular weight is 631 g/mol. The molecule has 3 aromatic carbocycles. The highest BCUT2D eigenvalue weighted by Crippen LogP contribution is 2.27. The Morgan fingerprint density at radius 2 is 1.83 bits per heavy atom. The monoisotopic (exact) mass is 629 g/mol. The Hall–Kier alpha value is -4.21. The van der Waals surface area contributed by atoms with Gasteiger partial charge in [-0.1, -0.05) is 48.0 Å². The van der Waals surface area contributed by atoms with Crippen molar-refractivity contribution < 1.29 is 9.59 Å². The van der Waals surface area contributed by atoms with E-state index in [1.54, 1.807) is 63.6 Å². The molecule has 8 nitrogen and oxygen atoms in total. The van der Waals surface area contributed by atoms with Crippen LogP contribution in [-0.4, -0.2) is 44.5 Å². The molecule has 0 saturated heterocycles. The van der Waals surface area contributed by atoms with Crippen molar-refractivity contribution in [3.05, 3.63) is 132 Å². The first-order valence-electron chi connectivity index (χ1n) is 13.1. The maximum Gasteiger partial charge on any atom is 0.261 e. The summed E-state index contributed by atoms with van der Waals surface area (Å²) in [4.78, 5) is 41.8. The highest BCUT2D eigenvalue weighted by atomic mass is 79.9. The fourth-order valence-corrected chi connectivity index (χ4v) is 5.74. The van der Waals surface area contributed by atoms with Gasteiger partial charge in [0.2, 0.25) is 0 Å². The van der Waals surface area contributed by atoms with Crippen LogP contribution in [0.3, 0.4) is 0 Å². The SMILES string of the molecule is CNC(=O)c1cccc(-n2c(=O)c3c(n4ncc(Cc5ccccc5)c24)CN(C(=O)c2ccc(Br)c(Cl)c2)CC3)c1. The Balaban J connectivity index is 1.51. The van der Waals surface area contributed by atoms with Gasteiger partial charge in [0, 0.05) is 46.7 Å². The third-order valence-electron chi connectivity index (χ3n) is 7.35. The molecule has 0 bridgehead atoms. The molecule has 1 N–H and O–H groups in total. The molecule has 1 aliphatic heterocycles. The van der Waals surface area contributed by atoms with E-state index >= 15 is 0 Å². The molecule has 0 atom stereocenters.